The summed E-state index contributed by atoms with van der Waals surface area (Å²) in [7, 11) is 0. The van der Waals surface area contributed by atoms with Crippen LogP contribution in [0.15, 0.2) is 40.0 Å². The summed E-state index contributed by atoms with van der Waals surface area (Å²) in [6, 6.07) is 9.35. The SMILES string of the molecule is C[C@H](Sc1nnc(-c2ccccc2)o1)C(=O)NCCN1C(=O)CSC1=O. The number of imide groups is 1. The molecule has 1 aromatic heterocycles. The molecular formula is C16H16N4O4S2. The lowest BCUT2D eigenvalue weighted by molar-refractivity contribution is -0.125. The lowest BCUT2D eigenvalue weighted by Crippen LogP contribution is -2.39. The van der Waals surface area contributed by atoms with Gasteiger partial charge in [0.2, 0.25) is 17.7 Å². The monoisotopic (exact) mass is 392 g/mol. The molecule has 2 heterocycles. The van der Waals surface area contributed by atoms with Crippen molar-refractivity contribution in [2.45, 2.75) is 17.4 Å². The van der Waals surface area contributed by atoms with Gasteiger partial charge in [0, 0.05) is 18.7 Å². The van der Waals surface area contributed by atoms with Crippen LogP contribution in [0.1, 0.15) is 6.92 Å². The van der Waals surface area contributed by atoms with E-state index in [0.717, 1.165) is 34.0 Å². The lowest BCUT2D eigenvalue weighted by atomic mass is 10.2. The Bertz CT molecular complexity index is 796. The highest BCUT2D eigenvalue weighted by molar-refractivity contribution is 8.14. The summed E-state index contributed by atoms with van der Waals surface area (Å²) in [5.74, 6) is 0.0985. The zero-order valence-electron chi connectivity index (χ0n) is 13.9. The third-order valence-electron chi connectivity index (χ3n) is 3.55. The van der Waals surface area contributed by atoms with Crippen LogP contribution in [-0.2, 0) is 9.59 Å². The predicted octanol–water partition coefficient (Wildman–Crippen LogP) is 2.03. The number of nitrogens with zero attached hydrogens (tertiary/aromatic N) is 3. The fourth-order valence-electron chi connectivity index (χ4n) is 2.19. The van der Waals surface area contributed by atoms with E-state index < -0.39 is 5.25 Å². The molecule has 0 unspecified atom stereocenters. The third-order valence-corrected chi connectivity index (χ3v) is 5.34. The molecule has 26 heavy (non-hydrogen) atoms. The van der Waals surface area contributed by atoms with Gasteiger partial charge in [-0.2, -0.15) is 0 Å². The number of hydrogen-bond donors (Lipinski definition) is 1. The third kappa shape index (κ3) is 4.44. The first-order valence-corrected chi connectivity index (χ1v) is 9.71. The van der Waals surface area contributed by atoms with Crippen LogP contribution in [0.25, 0.3) is 11.5 Å². The Morgan fingerprint density at radius 2 is 2.12 bits per heavy atom. The molecule has 136 valence electrons. The molecule has 2 aromatic rings. The normalized spacial score (nSPS) is 15.3. The highest BCUT2D eigenvalue weighted by Gasteiger charge is 2.29. The van der Waals surface area contributed by atoms with Gasteiger partial charge in [0.15, 0.2) is 0 Å². The van der Waals surface area contributed by atoms with Crippen molar-refractivity contribution in [3.63, 3.8) is 0 Å². The molecule has 0 aliphatic carbocycles. The first kappa shape index (κ1) is 18.5. The number of carbonyl (C=O) groups excluding carboxylic acids is 3. The first-order chi connectivity index (χ1) is 12.5. The van der Waals surface area contributed by atoms with Crippen LogP contribution in [0.3, 0.4) is 0 Å². The Kier molecular flexibility index (Phi) is 5.94. The summed E-state index contributed by atoms with van der Waals surface area (Å²) >= 11 is 2.12. The van der Waals surface area contributed by atoms with Crippen molar-refractivity contribution in [3.8, 4) is 11.5 Å². The number of thioether (sulfide) groups is 2. The van der Waals surface area contributed by atoms with E-state index >= 15 is 0 Å². The molecule has 0 radical (unpaired) electrons. The molecule has 1 saturated heterocycles. The molecule has 1 aromatic carbocycles. The number of benzene rings is 1. The van der Waals surface area contributed by atoms with Crippen molar-refractivity contribution in [2.75, 3.05) is 18.8 Å². The Morgan fingerprint density at radius 3 is 2.81 bits per heavy atom. The van der Waals surface area contributed by atoms with Gasteiger partial charge < -0.3 is 9.73 Å². The van der Waals surface area contributed by atoms with Crippen molar-refractivity contribution in [3.05, 3.63) is 30.3 Å². The van der Waals surface area contributed by atoms with Gasteiger partial charge >= 0.3 is 0 Å². The second-order valence-electron chi connectivity index (χ2n) is 5.39. The van der Waals surface area contributed by atoms with E-state index in [0.29, 0.717) is 11.1 Å². The van der Waals surface area contributed by atoms with E-state index in [1.165, 1.54) is 0 Å². The topological polar surface area (TPSA) is 105 Å². The van der Waals surface area contributed by atoms with Gasteiger partial charge in [0.25, 0.3) is 10.5 Å². The standard InChI is InChI=1S/C16H16N4O4S2/c1-10(13(22)17-7-8-20-12(21)9-25-16(20)23)26-15-19-18-14(24-15)11-5-3-2-4-6-11/h2-6,10H,7-9H2,1H3,(H,17,22)/t10-/m0/s1. The number of aromatic nitrogens is 2. The molecule has 3 amide bonds. The number of amides is 3. The molecule has 1 aliphatic rings. The summed E-state index contributed by atoms with van der Waals surface area (Å²) in [6.07, 6.45) is 0. The minimum absolute atomic E-state index is 0.167. The summed E-state index contributed by atoms with van der Waals surface area (Å²) in [4.78, 5) is 36.3. The van der Waals surface area contributed by atoms with E-state index in [9.17, 15) is 14.4 Å². The second-order valence-corrected chi connectivity index (χ2v) is 7.61. The molecule has 0 spiro atoms. The number of carbonyl (C=O) groups is 3. The first-order valence-electron chi connectivity index (χ1n) is 7.85. The maximum Gasteiger partial charge on any atom is 0.288 e. The largest absolute Gasteiger partial charge is 0.411 e. The van der Waals surface area contributed by atoms with Gasteiger partial charge in [0.1, 0.15) is 0 Å². The highest BCUT2D eigenvalue weighted by Crippen LogP contribution is 2.26. The zero-order valence-corrected chi connectivity index (χ0v) is 15.5. The number of nitrogens with one attached hydrogen (secondary N) is 1. The molecule has 0 saturated carbocycles. The Balaban J connectivity index is 1.48. The van der Waals surface area contributed by atoms with Crippen molar-refractivity contribution in [2.24, 2.45) is 0 Å². The van der Waals surface area contributed by atoms with E-state index in [2.05, 4.69) is 15.5 Å². The predicted molar refractivity (Wildman–Crippen MR) is 97.6 cm³/mol. The van der Waals surface area contributed by atoms with Crippen LogP contribution in [0.4, 0.5) is 4.79 Å². The van der Waals surface area contributed by atoms with Crippen LogP contribution < -0.4 is 5.32 Å². The van der Waals surface area contributed by atoms with Crippen LogP contribution in [0.2, 0.25) is 0 Å². The average Bonchev–Trinajstić information content (AvgIpc) is 3.23. The smallest absolute Gasteiger partial charge is 0.288 e. The van der Waals surface area contributed by atoms with Crippen molar-refractivity contribution >= 4 is 40.6 Å². The summed E-state index contributed by atoms with van der Waals surface area (Å²) in [5, 5.41) is 10.2. The fourth-order valence-corrected chi connectivity index (χ4v) is 3.65. The molecule has 10 heteroatoms. The molecule has 1 atom stereocenters. The van der Waals surface area contributed by atoms with Crippen LogP contribution in [0.5, 0.6) is 0 Å². The van der Waals surface area contributed by atoms with Gasteiger partial charge in [-0.3, -0.25) is 19.3 Å². The van der Waals surface area contributed by atoms with E-state index in [4.69, 9.17) is 4.42 Å². The number of rotatable bonds is 7. The van der Waals surface area contributed by atoms with Gasteiger partial charge in [-0.25, -0.2) is 0 Å². The minimum atomic E-state index is -0.460. The zero-order chi connectivity index (χ0) is 18.5. The Morgan fingerprint density at radius 1 is 1.35 bits per heavy atom. The van der Waals surface area contributed by atoms with Crippen LogP contribution in [0, 0.1) is 0 Å². The van der Waals surface area contributed by atoms with Crippen LogP contribution in [-0.4, -0.2) is 56.2 Å². The van der Waals surface area contributed by atoms with Gasteiger partial charge in [-0.1, -0.05) is 41.7 Å². The fraction of sp³-hybridized carbons (Fsp3) is 0.312. The lowest BCUT2D eigenvalue weighted by Gasteiger charge is -2.14. The van der Waals surface area contributed by atoms with Gasteiger partial charge in [0.05, 0.1) is 11.0 Å². The van der Waals surface area contributed by atoms with Crippen molar-refractivity contribution in [1.82, 2.24) is 20.4 Å². The maximum atomic E-state index is 12.1. The average molecular weight is 392 g/mol. The Labute approximate surface area is 158 Å². The van der Waals surface area contributed by atoms with Crippen molar-refractivity contribution in [1.29, 1.82) is 0 Å². The molecule has 1 fully saturated rings. The van der Waals surface area contributed by atoms with E-state index in [1.54, 1.807) is 6.92 Å². The summed E-state index contributed by atoms with van der Waals surface area (Å²) in [5.41, 5.74) is 0.807. The Hall–Kier alpha value is -2.33. The molecular weight excluding hydrogens is 376 g/mol. The second kappa shape index (κ2) is 8.37. The van der Waals surface area contributed by atoms with Gasteiger partial charge in [-0.15, -0.1) is 10.2 Å². The molecule has 8 nitrogen and oxygen atoms in total. The van der Waals surface area contributed by atoms with Gasteiger partial charge in [-0.05, 0) is 19.1 Å². The van der Waals surface area contributed by atoms with Crippen LogP contribution >= 0.6 is 23.5 Å². The van der Waals surface area contributed by atoms with Crippen molar-refractivity contribution < 1.29 is 18.8 Å². The van der Waals surface area contributed by atoms with E-state index in [-0.39, 0.29) is 35.9 Å². The highest BCUT2D eigenvalue weighted by atomic mass is 32.2. The minimum Gasteiger partial charge on any atom is -0.411 e. The number of hydrogen-bond acceptors (Lipinski definition) is 8. The maximum absolute atomic E-state index is 12.1. The summed E-state index contributed by atoms with van der Waals surface area (Å²) < 4.78 is 5.56. The molecule has 1 aliphatic heterocycles. The summed E-state index contributed by atoms with van der Waals surface area (Å²) in [6.45, 7) is 2.10. The molecule has 1 N–H and O–H groups in total. The molecule has 0 bridgehead atoms. The molecule has 3 rings (SSSR count). The quantitative estimate of drug-likeness (QED) is 0.714. The van der Waals surface area contributed by atoms with E-state index in [1.807, 2.05) is 30.3 Å².